The third kappa shape index (κ3) is 2.68. The Morgan fingerprint density at radius 3 is 2.39 bits per heavy atom. The van der Waals surface area contributed by atoms with Crippen molar-refractivity contribution in [3.8, 4) is 22.6 Å². The molecule has 0 heterocycles. The highest BCUT2D eigenvalue weighted by Crippen LogP contribution is 2.34. The molecule has 0 aliphatic heterocycles. The first-order valence-corrected chi connectivity index (χ1v) is 5.35. The maximum Gasteiger partial charge on any atom is 0.123 e. The Kier molecular flexibility index (Phi) is 4.45. The Morgan fingerprint density at radius 1 is 1.06 bits per heavy atom. The van der Waals surface area contributed by atoms with Crippen LogP contribution < -0.4 is 10.5 Å². The molecule has 3 N–H and O–H groups in total. The lowest BCUT2D eigenvalue weighted by Gasteiger charge is -2.10. The summed E-state index contributed by atoms with van der Waals surface area (Å²) in [5.41, 5.74) is 9.10. The number of hydrogen-bond donors (Lipinski definition) is 2. The monoisotopic (exact) mass is 265 g/mol. The maximum absolute atomic E-state index is 9.85. The van der Waals surface area contributed by atoms with Crippen molar-refractivity contribution in [1.29, 1.82) is 0 Å². The molecule has 2 aromatic carbocycles. The molecule has 0 atom stereocenters. The maximum atomic E-state index is 9.85. The molecule has 4 heteroatoms. The largest absolute Gasteiger partial charge is 0.507 e. The number of nitrogens with two attached hydrogens (primary N) is 1. The Balaban J connectivity index is 0.00000162. The number of aryl methyl sites for hydroxylation is 1. The smallest absolute Gasteiger partial charge is 0.123 e. The van der Waals surface area contributed by atoms with Crippen molar-refractivity contribution in [1.82, 2.24) is 0 Å². The Bertz CT molecular complexity index is 555. The van der Waals surface area contributed by atoms with Crippen molar-refractivity contribution < 1.29 is 9.84 Å². The Morgan fingerprint density at radius 2 is 1.78 bits per heavy atom. The predicted octanol–water partition coefficient (Wildman–Crippen LogP) is 3.38. The molecule has 0 saturated carbocycles. The lowest BCUT2D eigenvalue weighted by atomic mass is 9.99. The van der Waals surface area contributed by atoms with Gasteiger partial charge in [0.1, 0.15) is 11.5 Å². The third-order valence-corrected chi connectivity index (χ3v) is 2.74. The molecular formula is C14H16ClNO2. The van der Waals surface area contributed by atoms with E-state index in [0.717, 1.165) is 22.4 Å². The minimum atomic E-state index is 0. The summed E-state index contributed by atoms with van der Waals surface area (Å²) in [4.78, 5) is 0. The molecule has 0 amide bonds. The van der Waals surface area contributed by atoms with Crippen LogP contribution in [0.5, 0.6) is 11.5 Å². The molecule has 0 aliphatic carbocycles. The van der Waals surface area contributed by atoms with Crippen LogP contribution in [0.3, 0.4) is 0 Å². The number of hydrogen-bond acceptors (Lipinski definition) is 3. The van der Waals surface area contributed by atoms with Gasteiger partial charge in [-0.2, -0.15) is 0 Å². The van der Waals surface area contributed by atoms with Gasteiger partial charge >= 0.3 is 0 Å². The summed E-state index contributed by atoms with van der Waals surface area (Å²) < 4.78 is 5.15. The number of aromatic hydroxyl groups is 1. The molecular weight excluding hydrogens is 250 g/mol. The molecule has 2 aromatic rings. The van der Waals surface area contributed by atoms with Crippen molar-refractivity contribution in [2.75, 3.05) is 12.8 Å². The van der Waals surface area contributed by atoms with E-state index in [-0.39, 0.29) is 18.2 Å². The average molecular weight is 266 g/mol. The van der Waals surface area contributed by atoms with Crippen LogP contribution in [0, 0.1) is 6.92 Å². The van der Waals surface area contributed by atoms with Gasteiger partial charge in [0.25, 0.3) is 0 Å². The van der Waals surface area contributed by atoms with E-state index in [2.05, 4.69) is 0 Å². The highest BCUT2D eigenvalue weighted by molar-refractivity contribution is 5.85. The summed E-state index contributed by atoms with van der Waals surface area (Å²) in [7, 11) is 1.63. The van der Waals surface area contributed by atoms with Gasteiger partial charge in [0.15, 0.2) is 0 Å². The fourth-order valence-electron chi connectivity index (χ4n) is 1.83. The number of rotatable bonds is 2. The summed E-state index contributed by atoms with van der Waals surface area (Å²) in [5.74, 6) is 1.03. The van der Waals surface area contributed by atoms with Crippen molar-refractivity contribution in [2.45, 2.75) is 6.92 Å². The molecule has 2 rings (SSSR count). The van der Waals surface area contributed by atoms with Crippen LogP contribution in [0.2, 0.25) is 0 Å². The van der Waals surface area contributed by atoms with Gasteiger partial charge in [-0.25, -0.2) is 0 Å². The highest BCUT2D eigenvalue weighted by atomic mass is 35.5. The fraction of sp³-hybridized carbons (Fsp3) is 0.143. The van der Waals surface area contributed by atoms with Crippen LogP contribution in [0.25, 0.3) is 11.1 Å². The van der Waals surface area contributed by atoms with Gasteiger partial charge < -0.3 is 15.6 Å². The number of phenols is 1. The zero-order valence-corrected chi connectivity index (χ0v) is 11.1. The van der Waals surface area contributed by atoms with E-state index in [1.807, 2.05) is 25.1 Å². The van der Waals surface area contributed by atoms with Crippen LogP contribution in [0.1, 0.15) is 5.56 Å². The van der Waals surface area contributed by atoms with Crippen molar-refractivity contribution in [3.63, 3.8) is 0 Å². The second-order valence-corrected chi connectivity index (χ2v) is 3.96. The number of benzene rings is 2. The number of anilines is 1. The summed E-state index contributed by atoms with van der Waals surface area (Å²) in [5, 5.41) is 9.85. The SMILES string of the molecule is COc1ccc(-c2cc(N)ccc2O)c(C)c1.Cl. The van der Waals surface area contributed by atoms with E-state index in [0.29, 0.717) is 5.69 Å². The molecule has 0 fully saturated rings. The second-order valence-electron chi connectivity index (χ2n) is 3.96. The Hall–Kier alpha value is -1.87. The number of nitrogen functional groups attached to an aromatic ring is 1. The molecule has 0 radical (unpaired) electrons. The normalized spacial score (nSPS) is 9.67. The van der Waals surface area contributed by atoms with E-state index in [4.69, 9.17) is 10.5 Å². The van der Waals surface area contributed by atoms with Gasteiger partial charge in [0.05, 0.1) is 7.11 Å². The van der Waals surface area contributed by atoms with Gasteiger partial charge in [-0.3, -0.25) is 0 Å². The second kappa shape index (κ2) is 5.65. The molecule has 18 heavy (non-hydrogen) atoms. The minimum Gasteiger partial charge on any atom is -0.507 e. The lowest BCUT2D eigenvalue weighted by molar-refractivity contribution is 0.414. The standard InChI is InChI=1S/C14H15NO2.ClH/c1-9-7-11(17-2)4-5-12(9)13-8-10(15)3-6-14(13)16;/h3-8,16H,15H2,1-2H3;1H. The van der Waals surface area contributed by atoms with E-state index in [9.17, 15) is 5.11 Å². The number of phenolic OH excluding ortho intramolecular Hbond substituents is 1. The van der Waals surface area contributed by atoms with Gasteiger partial charge in [-0.15, -0.1) is 12.4 Å². The van der Waals surface area contributed by atoms with Gasteiger partial charge in [0.2, 0.25) is 0 Å². The first-order valence-electron chi connectivity index (χ1n) is 5.35. The predicted molar refractivity (Wildman–Crippen MR) is 76.5 cm³/mol. The molecule has 0 saturated heterocycles. The van der Waals surface area contributed by atoms with E-state index >= 15 is 0 Å². The zero-order valence-electron chi connectivity index (χ0n) is 10.3. The highest BCUT2D eigenvalue weighted by Gasteiger charge is 2.08. The summed E-state index contributed by atoms with van der Waals surface area (Å²) in [6.07, 6.45) is 0. The van der Waals surface area contributed by atoms with Gasteiger partial charge in [-0.1, -0.05) is 6.07 Å². The van der Waals surface area contributed by atoms with Crippen molar-refractivity contribution in [3.05, 3.63) is 42.0 Å². The molecule has 0 spiro atoms. The first-order chi connectivity index (χ1) is 8.11. The summed E-state index contributed by atoms with van der Waals surface area (Å²) in [6, 6.07) is 10.8. The van der Waals surface area contributed by atoms with Crippen LogP contribution >= 0.6 is 12.4 Å². The summed E-state index contributed by atoms with van der Waals surface area (Å²) >= 11 is 0. The lowest BCUT2D eigenvalue weighted by Crippen LogP contribution is -1.90. The summed E-state index contributed by atoms with van der Waals surface area (Å²) in [6.45, 7) is 1.97. The van der Waals surface area contributed by atoms with E-state index in [1.54, 1.807) is 25.3 Å². The Labute approximate surface area is 113 Å². The van der Waals surface area contributed by atoms with Crippen LogP contribution in [-0.4, -0.2) is 12.2 Å². The topological polar surface area (TPSA) is 55.5 Å². The van der Waals surface area contributed by atoms with Gasteiger partial charge in [0, 0.05) is 11.3 Å². The molecule has 3 nitrogen and oxygen atoms in total. The van der Waals surface area contributed by atoms with Crippen LogP contribution in [0.4, 0.5) is 5.69 Å². The zero-order chi connectivity index (χ0) is 12.4. The van der Waals surface area contributed by atoms with Crippen molar-refractivity contribution in [2.24, 2.45) is 0 Å². The van der Waals surface area contributed by atoms with E-state index < -0.39 is 0 Å². The number of ether oxygens (including phenoxy) is 1. The van der Waals surface area contributed by atoms with Crippen molar-refractivity contribution >= 4 is 18.1 Å². The quantitative estimate of drug-likeness (QED) is 0.646. The molecule has 96 valence electrons. The van der Waals surface area contributed by atoms with Gasteiger partial charge in [-0.05, 0) is 48.4 Å². The van der Waals surface area contributed by atoms with Crippen LogP contribution in [0.15, 0.2) is 36.4 Å². The third-order valence-electron chi connectivity index (χ3n) is 2.74. The molecule has 0 unspecified atom stereocenters. The number of methoxy groups -OCH3 is 1. The van der Waals surface area contributed by atoms with E-state index in [1.165, 1.54) is 0 Å². The average Bonchev–Trinajstić information content (AvgIpc) is 2.32. The first kappa shape index (κ1) is 14.2. The molecule has 0 bridgehead atoms. The fourth-order valence-corrected chi connectivity index (χ4v) is 1.83. The molecule has 0 aromatic heterocycles. The minimum absolute atomic E-state index is 0. The van der Waals surface area contributed by atoms with Crippen LogP contribution in [-0.2, 0) is 0 Å². The molecule has 0 aliphatic rings. The number of halogens is 1.